The van der Waals surface area contributed by atoms with Gasteiger partial charge in [0.25, 0.3) is 0 Å². The molecule has 11 heteroatoms. The molecule has 0 saturated heterocycles. The summed E-state index contributed by atoms with van der Waals surface area (Å²) in [7, 11) is 0. The zero-order valence-electron chi connectivity index (χ0n) is 25.7. The van der Waals surface area contributed by atoms with Crippen LogP contribution in [0.5, 0.6) is 5.75 Å². The minimum atomic E-state index is -0.631. The average molecular weight is 591 g/mol. The predicted octanol–water partition coefficient (Wildman–Crippen LogP) is 3.15. The first-order chi connectivity index (χ1) is 20.4. The number of carbonyl (C=O) groups is 3. The molecule has 0 fully saturated rings. The highest BCUT2D eigenvalue weighted by Crippen LogP contribution is 2.37. The summed E-state index contributed by atoms with van der Waals surface area (Å²) in [5, 5.41) is 15.5. The van der Waals surface area contributed by atoms with Crippen molar-refractivity contribution in [3.05, 3.63) is 58.7 Å². The van der Waals surface area contributed by atoms with Crippen molar-refractivity contribution in [2.45, 2.75) is 65.8 Å². The van der Waals surface area contributed by atoms with E-state index in [2.05, 4.69) is 33.7 Å². The Labute approximate surface area is 253 Å². The van der Waals surface area contributed by atoms with Gasteiger partial charge in [0.1, 0.15) is 11.4 Å². The molecule has 2 aromatic carbocycles. The van der Waals surface area contributed by atoms with Crippen LogP contribution < -0.4 is 20.3 Å². The largest absolute Gasteiger partial charge is 0.491 e. The molecule has 230 valence electrons. The van der Waals surface area contributed by atoms with Crippen molar-refractivity contribution in [1.29, 1.82) is 5.26 Å². The molecule has 0 saturated carbocycles. The molecule has 3 amide bonds. The van der Waals surface area contributed by atoms with E-state index in [9.17, 15) is 19.6 Å². The van der Waals surface area contributed by atoms with Crippen LogP contribution in [0, 0.1) is 11.3 Å². The number of anilines is 1. The quantitative estimate of drug-likeness (QED) is 0.409. The van der Waals surface area contributed by atoms with Gasteiger partial charge in [-0.2, -0.15) is 5.26 Å². The van der Waals surface area contributed by atoms with Crippen LogP contribution in [0.3, 0.4) is 0 Å². The number of amides is 3. The van der Waals surface area contributed by atoms with Gasteiger partial charge in [-0.05, 0) is 57.9 Å². The number of hydrogen-bond donors (Lipinski definition) is 2. The number of hydrogen-bond acceptors (Lipinski definition) is 8. The minimum Gasteiger partial charge on any atom is -0.491 e. The summed E-state index contributed by atoms with van der Waals surface area (Å²) in [5.41, 5.74) is 3.71. The number of nitrogens with one attached hydrogen (secondary N) is 2. The molecule has 2 aliphatic heterocycles. The normalized spacial score (nSPS) is 13.9. The Hall–Kier alpha value is -4.30. The van der Waals surface area contributed by atoms with Gasteiger partial charge in [0.15, 0.2) is 0 Å². The van der Waals surface area contributed by atoms with Crippen LogP contribution in [0.15, 0.2) is 36.4 Å². The molecule has 2 aliphatic rings. The third-order valence-corrected chi connectivity index (χ3v) is 7.24. The van der Waals surface area contributed by atoms with E-state index in [0.29, 0.717) is 36.7 Å². The SMILES string of the molecule is CC(C)N(CCNC(=O)CN(CC(=O)NCN1Cc2ccccc2C1)c1cc(C#N)cc2c1OCC2)C(=O)OC(C)(C)C. The summed E-state index contributed by atoms with van der Waals surface area (Å²) < 4.78 is 11.4. The summed E-state index contributed by atoms with van der Waals surface area (Å²) in [4.78, 5) is 44.3. The molecule has 2 aromatic rings. The van der Waals surface area contributed by atoms with E-state index < -0.39 is 11.7 Å². The van der Waals surface area contributed by atoms with E-state index in [4.69, 9.17) is 9.47 Å². The van der Waals surface area contributed by atoms with E-state index in [0.717, 1.165) is 18.7 Å². The van der Waals surface area contributed by atoms with Crippen LogP contribution in [-0.4, -0.2) is 78.8 Å². The first kappa shape index (κ1) is 31.6. The molecule has 0 unspecified atom stereocenters. The van der Waals surface area contributed by atoms with Crippen LogP contribution in [0.2, 0.25) is 0 Å². The van der Waals surface area contributed by atoms with Gasteiger partial charge < -0.3 is 29.9 Å². The minimum absolute atomic E-state index is 0.102. The van der Waals surface area contributed by atoms with E-state index in [-0.39, 0.29) is 44.0 Å². The zero-order valence-corrected chi connectivity index (χ0v) is 25.7. The lowest BCUT2D eigenvalue weighted by Crippen LogP contribution is -2.47. The lowest BCUT2D eigenvalue weighted by molar-refractivity contribution is -0.121. The molecule has 0 radical (unpaired) electrons. The molecule has 2 heterocycles. The first-order valence-corrected chi connectivity index (χ1v) is 14.7. The van der Waals surface area contributed by atoms with Gasteiger partial charge in [0.05, 0.1) is 43.7 Å². The van der Waals surface area contributed by atoms with Crippen LogP contribution in [0.25, 0.3) is 0 Å². The fraction of sp³-hybridized carbons (Fsp3) is 0.500. The summed E-state index contributed by atoms with van der Waals surface area (Å²) in [6.07, 6.45) is 0.201. The zero-order chi connectivity index (χ0) is 31.1. The van der Waals surface area contributed by atoms with Crippen LogP contribution in [0.4, 0.5) is 10.5 Å². The maximum atomic E-state index is 13.2. The lowest BCUT2D eigenvalue weighted by Gasteiger charge is -2.30. The number of nitrogens with zero attached hydrogens (tertiary/aromatic N) is 4. The molecular weight excluding hydrogens is 548 g/mol. The lowest BCUT2D eigenvalue weighted by atomic mass is 10.1. The van der Waals surface area contributed by atoms with Gasteiger partial charge in [0.2, 0.25) is 11.8 Å². The molecule has 0 aliphatic carbocycles. The Morgan fingerprint density at radius 1 is 1.05 bits per heavy atom. The van der Waals surface area contributed by atoms with Crippen LogP contribution >= 0.6 is 0 Å². The predicted molar refractivity (Wildman–Crippen MR) is 162 cm³/mol. The second-order valence-electron chi connectivity index (χ2n) is 12.2. The molecule has 0 aromatic heterocycles. The van der Waals surface area contributed by atoms with E-state index in [1.54, 1.807) is 21.9 Å². The summed E-state index contributed by atoms with van der Waals surface area (Å²) in [6, 6.07) is 13.7. The second-order valence-corrected chi connectivity index (χ2v) is 12.2. The topological polar surface area (TPSA) is 127 Å². The standard InChI is InChI=1S/C32H42N6O5/c1-22(2)38(31(41)43-32(3,4)5)12-11-34-28(39)19-37(27-15-23(16-33)14-24-10-13-42-30(24)27)20-29(40)35-21-36-17-25-8-6-7-9-26(25)18-36/h6-9,14-15,22H,10-13,17-21H2,1-5H3,(H,34,39)(H,35,40). The van der Waals surface area contributed by atoms with Gasteiger partial charge >= 0.3 is 6.09 Å². The van der Waals surface area contributed by atoms with Gasteiger partial charge in [0, 0.05) is 44.2 Å². The van der Waals surface area contributed by atoms with Crippen molar-refractivity contribution >= 4 is 23.6 Å². The highest BCUT2D eigenvalue weighted by molar-refractivity contribution is 5.88. The van der Waals surface area contributed by atoms with Crippen molar-refractivity contribution < 1.29 is 23.9 Å². The van der Waals surface area contributed by atoms with Crippen molar-refractivity contribution in [1.82, 2.24) is 20.4 Å². The number of ether oxygens (including phenoxy) is 2. The number of benzene rings is 2. The molecule has 4 rings (SSSR count). The summed E-state index contributed by atoms with van der Waals surface area (Å²) in [5.74, 6) is 0.00377. The van der Waals surface area contributed by atoms with Gasteiger partial charge in [-0.15, -0.1) is 0 Å². The first-order valence-electron chi connectivity index (χ1n) is 14.7. The molecule has 0 atom stereocenters. The van der Waals surface area contributed by atoms with E-state index in [1.807, 2.05) is 46.8 Å². The van der Waals surface area contributed by atoms with Crippen molar-refractivity contribution in [3.8, 4) is 11.8 Å². The van der Waals surface area contributed by atoms with E-state index in [1.165, 1.54) is 11.1 Å². The molecule has 0 bridgehead atoms. The van der Waals surface area contributed by atoms with Crippen molar-refractivity contribution in [2.75, 3.05) is 44.4 Å². The Balaban J connectivity index is 1.41. The summed E-state index contributed by atoms with van der Waals surface area (Å²) in [6.45, 7) is 11.8. The fourth-order valence-electron chi connectivity index (χ4n) is 5.18. The molecule has 0 spiro atoms. The highest BCUT2D eigenvalue weighted by atomic mass is 16.6. The third kappa shape index (κ3) is 8.61. The van der Waals surface area contributed by atoms with Gasteiger partial charge in [-0.25, -0.2) is 4.79 Å². The second kappa shape index (κ2) is 13.8. The average Bonchev–Trinajstić information content (AvgIpc) is 3.58. The smallest absolute Gasteiger partial charge is 0.410 e. The number of nitriles is 1. The van der Waals surface area contributed by atoms with Crippen LogP contribution in [-0.2, 0) is 33.8 Å². The molecule has 11 nitrogen and oxygen atoms in total. The maximum absolute atomic E-state index is 13.2. The Morgan fingerprint density at radius 2 is 1.70 bits per heavy atom. The maximum Gasteiger partial charge on any atom is 0.410 e. The summed E-state index contributed by atoms with van der Waals surface area (Å²) >= 11 is 0. The van der Waals surface area contributed by atoms with Crippen molar-refractivity contribution in [3.63, 3.8) is 0 Å². The van der Waals surface area contributed by atoms with Gasteiger partial charge in [-0.3, -0.25) is 14.5 Å². The molecule has 2 N–H and O–H groups in total. The molecular formula is C32H42N6O5. The number of rotatable bonds is 11. The third-order valence-electron chi connectivity index (χ3n) is 7.24. The Kier molecular flexibility index (Phi) is 10.1. The van der Waals surface area contributed by atoms with E-state index >= 15 is 0 Å². The fourth-order valence-corrected chi connectivity index (χ4v) is 5.18. The highest BCUT2D eigenvalue weighted by Gasteiger charge is 2.27. The number of carbonyl (C=O) groups excluding carboxylic acids is 3. The Morgan fingerprint density at radius 3 is 2.30 bits per heavy atom. The number of fused-ring (bicyclic) bond motifs is 2. The monoisotopic (exact) mass is 590 g/mol. The van der Waals surface area contributed by atoms with Gasteiger partial charge in [-0.1, -0.05) is 24.3 Å². The Bertz CT molecular complexity index is 1350. The van der Waals surface area contributed by atoms with Crippen LogP contribution in [0.1, 0.15) is 56.9 Å². The van der Waals surface area contributed by atoms with Crippen molar-refractivity contribution in [2.24, 2.45) is 0 Å². The molecule has 43 heavy (non-hydrogen) atoms.